The van der Waals surface area contributed by atoms with Crippen LogP contribution in [0.15, 0.2) is 41.3 Å². The summed E-state index contributed by atoms with van der Waals surface area (Å²) in [5.41, 5.74) is 0.878. The zero-order valence-electron chi connectivity index (χ0n) is 8.77. The van der Waals surface area contributed by atoms with Crippen molar-refractivity contribution in [1.82, 2.24) is 0 Å². The van der Waals surface area contributed by atoms with Crippen LogP contribution in [0.25, 0.3) is 10.8 Å². The molecule has 0 heterocycles. The molecular formula is C11H12N2O2S. The highest BCUT2D eigenvalue weighted by atomic mass is 32.2. The lowest BCUT2D eigenvalue weighted by Gasteiger charge is -2.09. The van der Waals surface area contributed by atoms with Crippen molar-refractivity contribution in [3.63, 3.8) is 0 Å². The molecule has 0 atom stereocenters. The van der Waals surface area contributed by atoms with Gasteiger partial charge in [0, 0.05) is 23.5 Å². The third-order valence-electron chi connectivity index (χ3n) is 2.46. The quantitative estimate of drug-likeness (QED) is 0.830. The van der Waals surface area contributed by atoms with Gasteiger partial charge < -0.3 is 5.32 Å². The third-order valence-corrected chi connectivity index (χ3v) is 3.43. The van der Waals surface area contributed by atoms with Crippen molar-refractivity contribution in [2.75, 3.05) is 12.4 Å². The summed E-state index contributed by atoms with van der Waals surface area (Å²) in [5, 5.41) is 9.66. The number of hydrogen-bond donors (Lipinski definition) is 2. The van der Waals surface area contributed by atoms with Crippen LogP contribution in [-0.4, -0.2) is 15.5 Å². The summed E-state index contributed by atoms with van der Waals surface area (Å²) < 4.78 is 22.8. The monoisotopic (exact) mass is 236 g/mol. The van der Waals surface area contributed by atoms with E-state index >= 15 is 0 Å². The van der Waals surface area contributed by atoms with Gasteiger partial charge in [0.05, 0.1) is 4.90 Å². The zero-order chi connectivity index (χ0) is 11.8. The molecule has 0 aliphatic rings. The molecule has 0 radical (unpaired) electrons. The predicted octanol–water partition coefficient (Wildman–Crippen LogP) is 1.53. The van der Waals surface area contributed by atoms with Crippen molar-refractivity contribution in [2.24, 2.45) is 5.14 Å². The maximum absolute atomic E-state index is 11.4. The molecule has 0 aromatic heterocycles. The van der Waals surface area contributed by atoms with Crippen LogP contribution in [0.3, 0.4) is 0 Å². The van der Waals surface area contributed by atoms with Gasteiger partial charge >= 0.3 is 0 Å². The Bertz CT molecular complexity index is 635. The van der Waals surface area contributed by atoms with Crippen molar-refractivity contribution >= 4 is 26.5 Å². The summed E-state index contributed by atoms with van der Waals surface area (Å²) in [7, 11) is -1.89. The zero-order valence-corrected chi connectivity index (χ0v) is 9.58. The summed E-state index contributed by atoms with van der Waals surface area (Å²) in [6.07, 6.45) is 0. The van der Waals surface area contributed by atoms with Crippen LogP contribution in [0.4, 0.5) is 5.69 Å². The summed E-state index contributed by atoms with van der Waals surface area (Å²) in [5.74, 6) is 0. The minimum atomic E-state index is -3.68. The normalized spacial score (nSPS) is 11.6. The van der Waals surface area contributed by atoms with Gasteiger partial charge in [0.1, 0.15) is 0 Å². The Morgan fingerprint density at radius 3 is 2.25 bits per heavy atom. The second-order valence-electron chi connectivity index (χ2n) is 3.45. The molecule has 0 aliphatic heterocycles. The average molecular weight is 236 g/mol. The Kier molecular flexibility index (Phi) is 2.57. The van der Waals surface area contributed by atoms with Gasteiger partial charge in [-0.25, -0.2) is 13.6 Å². The number of sulfonamides is 1. The fourth-order valence-corrected chi connectivity index (χ4v) is 2.48. The van der Waals surface area contributed by atoms with E-state index in [1.807, 2.05) is 12.1 Å². The summed E-state index contributed by atoms with van der Waals surface area (Å²) in [6, 6.07) is 10.5. The van der Waals surface area contributed by atoms with Crippen LogP contribution < -0.4 is 10.5 Å². The minimum Gasteiger partial charge on any atom is -0.388 e. The van der Waals surface area contributed by atoms with Crippen LogP contribution in [0.2, 0.25) is 0 Å². The van der Waals surface area contributed by atoms with Gasteiger partial charge in [-0.3, -0.25) is 0 Å². The highest BCUT2D eigenvalue weighted by Crippen LogP contribution is 2.28. The minimum absolute atomic E-state index is 0.155. The van der Waals surface area contributed by atoms with E-state index in [-0.39, 0.29) is 4.90 Å². The molecule has 0 unspecified atom stereocenters. The Balaban J connectivity index is 2.91. The van der Waals surface area contributed by atoms with Gasteiger partial charge in [-0.2, -0.15) is 0 Å². The fraction of sp³-hybridized carbons (Fsp3) is 0.0909. The molecule has 0 saturated carbocycles. The molecule has 16 heavy (non-hydrogen) atoms. The van der Waals surface area contributed by atoms with Crippen molar-refractivity contribution in [1.29, 1.82) is 0 Å². The topological polar surface area (TPSA) is 72.2 Å². The lowest BCUT2D eigenvalue weighted by molar-refractivity contribution is 0.598. The fourth-order valence-electron chi connectivity index (χ4n) is 1.74. The first-order chi connectivity index (χ1) is 7.54. The first-order valence-electron chi connectivity index (χ1n) is 4.76. The maximum Gasteiger partial charge on any atom is 0.238 e. The van der Waals surface area contributed by atoms with Crippen LogP contribution in [0, 0.1) is 0 Å². The number of nitrogens with two attached hydrogens (primary N) is 1. The van der Waals surface area contributed by atoms with Crippen molar-refractivity contribution in [3.05, 3.63) is 36.4 Å². The second-order valence-corrected chi connectivity index (χ2v) is 4.98. The number of nitrogens with one attached hydrogen (secondary N) is 1. The smallest absolute Gasteiger partial charge is 0.238 e. The number of hydrogen-bond acceptors (Lipinski definition) is 3. The van der Waals surface area contributed by atoms with E-state index in [0.717, 1.165) is 11.1 Å². The summed E-state index contributed by atoms with van der Waals surface area (Å²) >= 11 is 0. The summed E-state index contributed by atoms with van der Waals surface area (Å²) in [6.45, 7) is 0. The molecule has 3 N–H and O–H groups in total. The van der Waals surface area contributed by atoms with Crippen LogP contribution in [0.1, 0.15) is 0 Å². The van der Waals surface area contributed by atoms with Gasteiger partial charge in [-0.05, 0) is 12.1 Å². The number of primary sulfonamides is 1. The molecule has 84 valence electrons. The van der Waals surface area contributed by atoms with Crippen LogP contribution in [-0.2, 0) is 10.0 Å². The van der Waals surface area contributed by atoms with Crippen molar-refractivity contribution < 1.29 is 8.42 Å². The van der Waals surface area contributed by atoms with Gasteiger partial charge in [0.2, 0.25) is 10.0 Å². The maximum atomic E-state index is 11.4. The Labute approximate surface area is 94.1 Å². The van der Waals surface area contributed by atoms with E-state index < -0.39 is 10.0 Å². The lowest BCUT2D eigenvalue weighted by Crippen LogP contribution is -2.12. The van der Waals surface area contributed by atoms with E-state index in [9.17, 15) is 8.42 Å². The number of fused-ring (bicyclic) bond motifs is 1. The average Bonchev–Trinajstić information content (AvgIpc) is 2.26. The predicted molar refractivity (Wildman–Crippen MR) is 64.9 cm³/mol. The first kappa shape index (κ1) is 10.9. The SMILES string of the molecule is CNc1ccc(S(N)(=O)=O)c2ccccc12. The Morgan fingerprint density at radius 2 is 1.69 bits per heavy atom. The number of anilines is 1. The van der Waals surface area contributed by atoms with Crippen molar-refractivity contribution in [3.8, 4) is 0 Å². The Hall–Kier alpha value is -1.59. The van der Waals surface area contributed by atoms with Crippen LogP contribution >= 0.6 is 0 Å². The lowest BCUT2D eigenvalue weighted by atomic mass is 10.1. The van der Waals surface area contributed by atoms with Gasteiger partial charge in [-0.1, -0.05) is 24.3 Å². The van der Waals surface area contributed by atoms with Crippen molar-refractivity contribution in [2.45, 2.75) is 4.90 Å². The first-order valence-corrected chi connectivity index (χ1v) is 6.31. The summed E-state index contributed by atoms with van der Waals surface area (Å²) in [4.78, 5) is 0.155. The molecule has 2 rings (SSSR count). The van der Waals surface area contributed by atoms with E-state index in [2.05, 4.69) is 5.32 Å². The van der Waals surface area contributed by atoms with Crippen LogP contribution in [0.5, 0.6) is 0 Å². The molecule has 4 nitrogen and oxygen atoms in total. The molecular weight excluding hydrogens is 224 g/mol. The van der Waals surface area contributed by atoms with Gasteiger partial charge in [0.15, 0.2) is 0 Å². The van der Waals surface area contributed by atoms with E-state index in [1.54, 1.807) is 25.2 Å². The molecule has 0 aliphatic carbocycles. The molecule has 5 heteroatoms. The third kappa shape index (κ3) is 1.75. The van der Waals surface area contributed by atoms with Gasteiger partial charge in [0.25, 0.3) is 0 Å². The molecule has 0 fully saturated rings. The molecule has 0 bridgehead atoms. The molecule has 2 aromatic rings. The van der Waals surface area contributed by atoms with Gasteiger partial charge in [-0.15, -0.1) is 0 Å². The Morgan fingerprint density at radius 1 is 1.06 bits per heavy atom. The molecule has 2 aromatic carbocycles. The second kappa shape index (κ2) is 3.77. The standard InChI is InChI=1S/C11H12N2O2S/c1-13-10-6-7-11(16(12,14)15)9-5-3-2-4-8(9)10/h2-7,13H,1H3,(H2,12,14,15). The number of benzene rings is 2. The highest BCUT2D eigenvalue weighted by molar-refractivity contribution is 7.89. The molecule has 0 amide bonds. The van der Waals surface area contributed by atoms with E-state index in [4.69, 9.17) is 5.14 Å². The highest BCUT2D eigenvalue weighted by Gasteiger charge is 2.13. The number of rotatable bonds is 2. The molecule has 0 saturated heterocycles. The van der Waals surface area contributed by atoms with E-state index in [1.165, 1.54) is 6.07 Å². The largest absolute Gasteiger partial charge is 0.388 e. The van der Waals surface area contributed by atoms with E-state index in [0.29, 0.717) is 5.39 Å². The molecule has 0 spiro atoms.